The van der Waals surface area contributed by atoms with E-state index in [4.69, 9.17) is 4.52 Å². The zero-order valence-electron chi connectivity index (χ0n) is 15.1. The van der Waals surface area contributed by atoms with Crippen LogP contribution in [0.2, 0.25) is 0 Å². The predicted molar refractivity (Wildman–Crippen MR) is 94.9 cm³/mol. The third-order valence-corrected chi connectivity index (χ3v) is 4.10. The Hall–Kier alpha value is -3.03. The molecule has 1 aromatic carbocycles. The minimum absolute atomic E-state index is 0.0247. The molecule has 0 aliphatic heterocycles. The molecule has 142 valence electrons. The van der Waals surface area contributed by atoms with E-state index in [1.54, 1.807) is 31.2 Å². The summed E-state index contributed by atoms with van der Waals surface area (Å²) in [6, 6.07) is 8.02. The van der Waals surface area contributed by atoms with Crippen LogP contribution in [0.5, 0.6) is 5.75 Å². The first-order chi connectivity index (χ1) is 12.9. The number of benzene rings is 1. The van der Waals surface area contributed by atoms with Crippen LogP contribution in [0.3, 0.4) is 0 Å². The molecular weight excluding hydrogens is 356 g/mol. The molecule has 0 aliphatic carbocycles. The number of nitrogens with zero attached hydrogens (tertiary/aromatic N) is 2. The third kappa shape index (κ3) is 4.05. The van der Waals surface area contributed by atoms with Gasteiger partial charge in [0, 0.05) is 17.8 Å². The number of aryl methyl sites for hydroxylation is 1. The Balaban J connectivity index is 1.88. The number of fused-ring (bicyclic) bond motifs is 1. The number of nitrogens with one attached hydrogen (secondary N) is 1. The Kier molecular flexibility index (Phi) is 5.34. The summed E-state index contributed by atoms with van der Waals surface area (Å²) in [6.07, 6.45) is 0. The Labute approximate surface area is 154 Å². The molecule has 3 rings (SSSR count). The zero-order chi connectivity index (χ0) is 19.6. The molecule has 0 bridgehead atoms. The van der Waals surface area contributed by atoms with Gasteiger partial charge in [0.25, 0.3) is 11.6 Å². The van der Waals surface area contributed by atoms with Gasteiger partial charge in [-0.2, -0.15) is 8.78 Å². The number of alkyl halides is 2. The van der Waals surface area contributed by atoms with Gasteiger partial charge < -0.3 is 14.6 Å². The predicted octanol–water partition coefficient (Wildman–Crippen LogP) is 4.19. The lowest BCUT2D eigenvalue weighted by Crippen LogP contribution is -2.24. The molecule has 0 radical (unpaired) electrons. The van der Waals surface area contributed by atoms with E-state index in [-0.39, 0.29) is 24.1 Å². The second-order valence-electron chi connectivity index (χ2n) is 6.37. The summed E-state index contributed by atoms with van der Waals surface area (Å²) in [5, 5.41) is 7.16. The smallest absolute Gasteiger partial charge is 0.387 e. The molecule has 0 fully saturated rings. The van der Waals surface area contributed by atoms with E-state index in [0.717, 1.165) is 0 Å². The van der Waals surface area contributed by atoms with E-state index in [1.165, 1.54) is 6.07 Å². The van der Waals surface area contributed by atoms with Crippen LogP contribution < -0.4 is 10.1 Å². The van der Waals surface area contributed by atoms with Gasteiger partial charge in [-0.1, -0.05) is 37.2 Å². The minimum Gasteiger partial charge on any atom is -0.434 e. The number of halogens is 2. The maximum absolute atomic E-state index is 12.8. The summed E-state index contributed by atoms with van der Waals surface area (Å²) in [5.41, 5.74) is 2.38. The molecule has 1 N–H and O–H groups in total. The summed E-state index contributed by atoms with van der Waals surface area (Å²) < 4.78 is 34.8. The van der Waals surface area contributed by atoms with E-state index in [2.05, 4.69) is 20.2 Å². The van der Waals surface area contributed by atoms with Crippen LogP contribution in [-0.2, 0) is 6.54 Å². The first-order valence-corrected chi connectivity index (χ1v) is 8.44. The van der Waals surface area contributed by atoms with Crippen molar-refractivity contribution in [1.29, 1.82) is 0 Å². The van der Waals surface area contributed by atoms with Gasteiger partial charge in [0.15, 0.2) is 0 Å². The Bertz CT molecular complexity index is 970. The van der Waals surface area contributed by atoms with Crippen LogP contribution in [-0.4, -0.2) is 22.7 Å². The maximum atomic E-state index is 12.8. The number of ether oxygens (including phenoxy) is 1. The topological polar surface area (TPSA) is 77.2 Å². The normalized spacial score (nSPS) is 11.4. The molecule has 3 aromatic rings. The highest BCUT2D eigenvalue weighted by molar-refractivity contribution is 6.06. The lowest BCUT2D eigenvalue weighted by atomic mass is 10.0. The molecule has 0 atom stereocenters. The largest absolute Gasteiger partial charge is 0.434 e. The second kappa shape index (κ2) is 7.69. The average Bonchev–Trinajstić information content (AvgIpc) is 3.00. The van der Waals surface area contributed by atoms with E-state index in [9.17, 15) is 13.6 Å². The highest BCUT2D eigenvalue weighted by atomic mass is 19.3. The number of aromatic nitrogens is 2. The summed E-state index contributed by atoms with van der Waals surface area (Å²) in [5.74, 6) is -0.259. The SMILES string of the molecule is Cc1noc2nc(C(C)C)cc(C(=O)NCc3ccccc3OC(F)F)c12. The number of hydrogen-bond acceptors (Lipinski definition) is 5. The molecule has 1 amide bonds. The summed E-state index contributed by atoms with van der Waals surface area (Å²) >= 11 is 0. The molecule has 8 heteroatoms. The Morgan fingerprint density at radius 1 is 1.30 bits per heavy atom. The van der Waals surface area contributed by atoms with Crippen molar-refractivity contribution in [3.63, 3.8) is 0 Å². The molecule has 2 aromatic heterocycles. The second-order valence-corrected chi connectivity index (χ2v) is 6.37. The van der Waals surface area contributed by atoms with Crippen LogP contribution in [0.1, 0.15) is 47.1 Å². The van der Waals surface area contributed by atoms with Gasteiger partial charge in [-0.3, -0.25) is 4.79 Å². The van der Waals surface area contributed by atoms with Crippen LogP contribution in [0.4, 0.5) is 8.78 Å². The maximum Gasteiger partial charge on any atom is 0.387 e. The Morgan fingerprint density at radius 2 is 2.04 bits per heavy atom. The molecule has 2 heterocycles. The van der Waals surface area contributed by atoms with E-state index in [0.29, 0.717) is 33.6 Å². The Morgan fingerprint density at radius 3 is 2.74 bits per heavy atom. The first kappa shape index (κ1) is 18.8. The van der Waals surface area contributed by atoms with Crippen LogP contribution in [0.15, 0.2) is 34.9 Å². The van der Waals surface area contributed by atoms with Crippen molar-refractivity contribution >= 4 is 17.0 Å². The monoisotopic (exact) mass is 375 g/mol. The number of carbonyl (C=O) groups is 1. The number of para-hydroxylation sites is 1. The van der Waals surface area contributed by atoms with Crippen molar-refractivity contribution < 1.29 is 22.8 Å². The lowest BCUT2D eigenvalue weighted by molar-refractivity contribution is -0.0504. The van der Waals surface area contributed by atoms with Gasteiger partial charge in [0.1, 0.15) is 5.75 Å². The van der Waals surface area contributed by atoms with Crippen LogP contribution in [0.25, 0.3) is 11.1 Å². The van der Waals surface area contributed by atoms with Crippen molar-refractivity contribution in [2.45, 2.75) is 39.8 Å². The number of rotatable bonds is 6. The summed E-state index contributed by atoms with van der Waals surface area (Å²) in [6.45, 7) is 2.74. The van der Waals surface area contributed by atoms with Crippen LogP contribution in [0, 0.1) is 6.92 Å². The number of amides is 1. The van der Waals surface area contributed by atoms with Crippen molar-refractivity contribution in [2.24, 2.45) is 0 Å². The number of hydrogen-bond donors (Lipinski definition) is 1. The standard InChI is InChI=1S/C19H19F2N3O3/c1-10(2)14-8-13(16-11(3)24-27-18(16)23-14)17(25)22-9-12-6-4-5-7-15(12)26-19(20)21/h4-8,10,19H,9H2,1-3H3,(H,22,25). The van der Waals surface area contributed by atoms with Gasteiger partial charge in [0.05, 0.1) is 16.6 Å². The molecule has 0 saturated carbocycles. The van der Waals surface area contributed by atoms with Crippen molar-refractivity contribution in [3.05, 3.63) is 52.8 Å². The quantitative estimate of drug-likeness (QED) is 0.699. The van der Waals surface area contributed by atoms with Gasteiger partial charge in [-0.15, -0.1) is 0 Å². The molecule has 6 nitrogen and oxygen atoms in total. The highest BCUT2D eigenvalue weighted by Gasteiger charge is 2.20. The third-order valence-electron chi connectivity index (χ3n) is 4.10. The fourth-order valence-corrected chi connectivity index (χ4v) is 2.72. The average molecular weight is 375 g/mol. The minimum atomic E-state index is -2.94. The fraction of sp³-hybridized carbons (Fsp3) is 0.316. The van der Waals surface area contributed by atoms with Crippen molar-refractivity contribution in [1.82, 2.24) is 15.5 Å². The van der Waals surface area contributed by atoms with Crippen LogP contribution >= 0.6 is 0 Å². The van der Waals surface area contributed by atoms with E-state index in [1.807, 2.05) is 13.8 Å². The first-order valence-electron chi connectivity index (χ1n) is 8.44. The van der Waals surface area contributed by atoms with Crippen molar-refractivity contribution in [2.75, 3.05) is 0 Å². The van der Waals surface area contributed by atoms with Gasteiger partial charge >= 0.3 is 6.61 Å². The molecule has 0 aliphatic rings. The highest BCUT2D eigenvalue weighted by Crippen LogP contribution is 2.25. The molecule has 27 heavy (non-hydrogen) atoms. The van der Waals surface area contributed by atoms with Crippen molar-refractivity contribution in [3.8, 4) is 5.75 Å². The van der Waals surface area contributed by atoms with Gasteiger partial charge in [-0.05, 0) is 25.0 Å². The van der Waals surface area contributed by atoms with Gasteiger partial charge in [0.2, 0.25) is 0 Å². The molecule has 0 spiro atoms. The number of carbonyl (C=O) groups excluding carboxylic acids is 1. The van der Waals surface area contributed by atoms with E-state index >= 15 is 0 Å². The summed E-state index contributed by atoms with van der Waals surface area (Å²) in [7, 11) is 0. The van der Waals surface area contributed by atoms with E-state index < -0.39 is 6.61 Å². The van der Waals surface area contributed by atoms with Gasteiger partial charge in [-0.25, -0.2) is 4.98 Å². The molecular formula is C19H19F2N3O3. The number of pyridine rings is 1. The summed E-state index contributed by atoms with van der Waals surface area (Å²) in [4.78, 5) is 17.2. The lowest BCUT2D eigenvalue weighted by Gasteiger charge is -2.12. The zero-order valence-corrected chi connectivity index (χ0v) is 15.1. The fourth-order valence-electron chi connectivity index (χ4n) is 2.72. The molecule has 0 saturated heterocycles. The molecule has 0 unspecified atom stereocenters.